The number of morpholine rings is 1. The maximum atomic E-state index is 12.8. The van der Waals surface area contributed by atoms with Gasteiger partial charge in [-0.25, -0.2) is 0 Å². The number of ether oxygens (including phenoxy) is 1. The first kappa shape index (κ1) is 18.1. The number of hydrogen-bond acceptors (Lipinski definition) is 4. The van der Waals surface area contributed by atoms with Gasteiger partial charge >= 0.3 is 0 Å². The van der Waals surface area contributed by atoms with Crippen LogP contribution in [-0.2, 0) is 20.7 Å². The Labute approximate surface area is 152 Å². The molecular weight excluding hydrogens is 330 g/mol. The Morgan fingerprint density at radius 1 is 1.08 bits per heavy atom. The van der Waals surface area contributed by atoms with Gasteiger partial charge in [-0.05, 0) is 17.7 Å². The lowest BCUT2D eigenvalue weighted by Gasteiger charge is -2.25. The highest BCUT2D eigenvalue weighted by atomic mass is 16.5. The van der Waals surface area contributed by atoms with Gasteiger partial charge in [-0.1, -0.05) is 48.5 Å². The van der Waals surface area contributed by atoms with E-state index in [1.807, 2.05) is 60.7 Å². The molecule has 2 aromatic carbocycles. The van der Waals surface area contributed by atoms with Gasteiger partial charge in [0.05, 0.1) is 6.61 Å². The predicted octanol–water partition coefficient (Wildman–Crippen LogP) is 1.34. The summed E-state index contributed by atoms with van der Waals surface area (Å²) in [6, 6.07) is 18.1. The Hall–Kier alpha value is -2.70. The van der Waals surface area contributed by atoms with E-state index in [4.69, 9.17) is 4.74 Å². The molecule has 1 saturated heterocycles. The van der Waals surface area contributed by atoms with Gasteiger partial charge in [-0.15, -0.1) is 0 Å². The van der Waals surface area contributed by atoms with Crippen LogP contribution in [0.2, 0.25) is 0 Å². The lowest BCUT2D eigenvalue weighted by molar-refractivity contribution is -0.136. The fourth-order valence-electron chi connectivity index (χ4n) is 2.81. The van der Waals surface area contributed by atoms with Crippen molar-refractivity contribution in [2.75, 3.05) is 25.0 Å². The monoisotopic (exact) mass is 353 g/mol. The molecule has 3 rings (SSSR count). The van der Waals surface area contributed by atoms with Crippen LogP contribution < -0.4 is 16.0 Å². The van der Waals surface area contributed by atoms with Crippen LogP contribution in [0.5, 0.6) is 0 Å². The molecule has 3 N–H and O–H groups in total. The molecule has 2 atom stereocenters. The van der Waals surface area contributed by atoms with Gasteiger partial charge in [0.25, 0.3) is 5.91 Å². The number of para-hydroxylation sites is 1. The third-order valence-corrected chi connectivity index (χ3v) is 4.18. The van der Waals surface area contributed by atoms with Gasteiger partial charge in [0.2, 0.25) is 5.91 Å². The Kier molecular flexibility index (Phi) is 6.35. The maximum absolute atomic E-state index is 12.8. The number of amides is 2. The average Bonchev–Trinajstić information content (AvgIpc) is 2.69. The van der Waals surface area contributed by atoms with Crippen LogP contribution >= 0.6 is 0 Å². The molecule has 1 aliphatic rings. The molecule has 2 amide bonds. The lowest BCUT2D eigenvalue weighted by atomic mass is 10.0. The van der Waals surface area contributed by atoms with Crippen molar-refractivity contribution in [3.05, 3.63) is 66.2 Å². The van der Waals surface area contributed by atoms with Crippen LogP contribution in [-0.4, -0.2) is 43.7 Å². The number of nitrogens with one attached hydrogen (secondary N) is 3. The standard InChI is InChI=1S/C20H23N3O3/c24-19(22-16-9-5-2-6-10-16)17(13-15-7-3-1-4-8-15)23-20(25)18-14-21-11-12-26-18/h1-10,17-18,21H,11-14H2,(H,22,24)(H,23,25). The molecule has 0 radical (unpaired) electrons. The molecule has 0 spiro atoms. The van der Waals surface area contributed by atoms with E-state index in [0.29, 0.717) is 25.3 Å². The summed E-state index contributed by atoms with van der Waals surface area (Å²) in [5.41, 5.74) is 1.67. The summed E-state index contributed by atoms with van der Waals surface area (Å²) in [5, 5.41) is 8.82. The number of rotatable bonds is 6. The van der Waals surface area contributed by atoms with Crippen LogP contribution in [0.3, 0.4) is 0 Å². The normalized spacial score (nSPS) is 17.9. The largest absolute Gasteiger partial charge is 0.366 e. The third kappa shape index (κ3) is 5.15. The highest BCUT2D eigenvalue weighted by Gasteiger charge is 2.27. The van der Waals surface area contributed by atoms with Crippen molar-refractivity contribution in [3.8, 4) is 0 Å². The minimum absolute atomic E-state index is 0.253. The van der Waals surface area contributed by atoms with Crippen LogP contribution in [0.15, 0.2) is 60.7 Å². The van der Waals surface area contributed by atoms with E-state index in [0.717, 1.165) is 12.1 Å². The third-order valence-electron chi connectivity index (χ3n) is 4.18. The van der Waals surface area contributed by atoms with Crippen molar-refractivity contribution in [1.82, 2.24) is 10.6 Å². The molecule has 2 unspecified atom stereocenters. The van der Waals surface area contributed by atoms with Crippen LogP contribution in [0.4, 0.5) is 5.69 Å². The van der Waals surface area contributed by atoms with E-state index in [1.165, 1.54) is 0 Å². The molecule has 1 aliphatic heterocycles. The highest BCUT2D eigenvalue weighted by molar-refractivity contribution is 5.98. The van der Waals surface area contributed by atoms with Gasteiger partial charge in [0.1, 0.15) is 12.1 Å². The van der Waals surface area contributed by atoms with Crippen LogP contribution in [0.25, 0.3) is 0 Å². The fourth-order valence-corrected chi connectivity index (χ4v) is 2.81. The molecule has 1 fully saturated rings. The number of hydrogen-bond donors (Lipinski definition) is 3. The maximum Gasteiger partial charge on any atom is 0.251 e. The Balaban J connectivity index is 1.70. The molecule has 6 heteroatoms. The van der Waals surface area contributed by atoms with Crippen LogP contribution in [0.1, 0.15) is 5.56 Å². The van der Waals surface area contributed by atoms with Gasteiger partial charge in [0.15, 0.2) is 0 Å². The second-order valence-corrected chi connectivity index (χ2v) is 6.17. The molecule has 6 nitrogen and oxygen atoms in total. The highest BCUT2D eigenvalue weighted by Crippen LogP contribution is 2.09. The van der Waals surface area contributed by atoms with Gasteiger partial charge in [-0.3, -0.25) is 9.59 Å². The van der Waals surface area contributed by atoms with Gasteiger partial charge in [-0.2, -0.15) is 0 Å². The summed E-state index contributed by atoms with van der Waals surface area (Å²) in [5.74, 6) is -0.529. The van der Waals surface area contributed by atoms with Crippen molar-refractivity contribution in [3.63, 3.8) is 0 Å². The predicted molar refractivity (Wildman–Crippen MR) is 99.8 cm³/mol. The SMILES string of the molecule is O=C(Nc1ccccc1)C(Cc1ccccc1)NC(=O)C1CNCCO1. The van der Waals surface area contributed by atoms with Crippen LogP contribution in [0, 0.1) is 0 Å². The Bertz CT molecular complexity index is 716. The zero-order valence-electron chi connectivity index (χ0n) is 14.5. The first-order valence-electron chi connectivity index (χ1n) is 8.75. The molecule has 26 heavy (non-hydrogen) atoms. The van der Waals surface area contributed by atoms with E-state index in [-0.39, 0.29) is 11.8 Å². The number of carbonyl (C=O) groups is 2. The lowest BCUT2D eigenvalue weighted by Crippen LogP contribution is -2.53. The molecule has 0 saturated carbocycles. The molecule has 0 aliphatic carbocycles. The summed E-state index contributed by atoms with van der Waals surface area (Å²) >= 11 is 0. The van der Waals surface area contributed by atoms with Gasteiger partial charge in [0, 0.05) is 25.2 Å². The van der Waals surface area contributed by atoms with Crippen molar-refractivity contribution in [2.45, 2.75) is 18.6 Å². The second kappa shape index (κ2) is 9.12. The minimum Gasteiger partial charge on any atom is -0.366 e. The first-order valence-corrected chi connectivity index (χ1v) is 8.75. The first-order chi connectivity index (χ1) is 12.7. The van der Waals surface area contributed by atoms with E-state index in [2.05, 4.69) is 16.0 Å². The smallest absolute Gasteiger partial charge is 0.251 e. The van der Waals surface area contributed by atoms with E-state index in [9.17, 15) is 9.59 Å². The number of anilines is 1. The zero-order chi connectivity index (χ0) is 18.2. The number of carbonyl (C=O) groups excluding carboxylic acids is 2. The molecule has 0 bridgehead atoms. The quantitative estimate of drug-likeness (QED) is 0.732. The van der Waals surface area contributed by atoms with Crippen molar-refractivity contribution >= 4 is 17.5 Å². The summed E-state index contributed by atoms with van der Waals surface area (Å²) < 4.78 is 5.48. The van der Waals surface area contributed by atoms with Crippen molar-refractivity contribution in [2.24, 2.45) is 0 Å². The second-order valence-electron chi connectivity index (χ2n) is 6.17. The minimum atomic E-state index is -0.685. The van der Waals surface area contributed by atoms with E-state index in [1.54, 1.807) is 0 Å². The number of benzene rings is 2. The van der Waals surface area contributed by atoms with E-state index < -0.39 is 12.1 Å². The topological polar surface area (TPSA) is 79.5 Å². The van der Waals surface area contributed by atoms with Gasteiger partial charge < -0.3 is 20.7 Å². The summed E-state index contributed by atoms with van der Waals surface area (Å²) in [7, 11) is 0. The van der Waals surface area contributed by atoms with E-state index >= 15 is 0 Å². The fraction of sp³-hybridized carbons (Fsp3) is 0.300. The molecule has 136 valence electrons. The average molecular weight is 353 g/mol. The summed E-state index contributed by atoms with van der Waals surface area (Å²) in [4.78, 5) is 25.3. The zero-order valence-corrected chi connectivity index (χ0v) is 14.5. The van der Waals surface area contributed by atoms with Crippen molar-refractivity contribution < 1.29 is 14.3 Å². The molecule has 1 heterocycles. The summed E-state index contributed by atoms with van der Waals surface area (Å²) in [6.45, 7) is 1.66. The molecule has 0 aromatic heterocycles. The summed E-state index contributed by atoms with van der Waals surface area (Å²) in [6.07, 6.45) is -0.169. The molecular formula is C20H23N3O3. The molecule has 2 aromatic rings. The Morgan fingerprint density at radius 2 is 1.77 bits per heavy atom. The Morgan fingerprint density at radius 3 is 2.42 bits per heavy atom. The van der Waals surface area contributed by atoms with Crippen molar-refractivity contribution in [1.29, 1.82) is 0 Å².